The largest absolute Gasteiger partial charge is 0.350 e. The fourth-order valence-corrected chi connectivity index (χ4v) is 5.09. The molecule has 0 bridgehead atoms. The molecule has 7 nitrogen and oxygen atoms in total. The highest BCUT2D eigenvalue weighted by Gasteiger charge is 2.27. The van der Waals surface area contributed by atoms with Crippen molar-refractivity contribution in [2.75, 3.05) is 6.54 Å². The minimum Gasteiger partial charge on any atom is -0.350 e. The molecule has 1 aliphatic carbocycles. The summed E-state index contributed by atoms with van der Waals surface area (Å²) < 4.78 is 14.9. The molecular weight excluding hydrogens is 455 g/mol. The Bertz CT molecular complexity index is 894. The van der Waals surface area contributed by atoms with E-state index in [9.17, 15) is 19.2 Å². The Morgan fingerprint density at radius 3 is 2.78 bits per heavy atom. The van der Waals surface area contributed by atoms with Crippen LogP contribution in [0.5, 0.6) is 0 Å². The van der Waals surface area contributed by atoms with Crippen LogP contribution in [0.1, 0.15) is 55.5 Å². The molecule has 2 amide bonds. The summed E-state index contributed by atoms with van der Waals surface area (Å²) in [5.41, 5.74) is 1.46. The summed E-state index contributed by atoms with van der Waals surface area (Å²) in [5, 5.41) is 16.8. The van der Waals surface area contributed by atoms with Crippen LogP contribution in [0.15, 0.2) is 16.8 Å². The van der Waals surface area contributed by atoms with Gasteiger partial charge in [0.1, 0.15) is 5.69 Å². The predicted octanol–water partition coefficient (Wildman–Crippen LogP) is 4.17. The molecule has 3 rings (SSSR count). The highest BCUT2D eigenvalue weighted by Crippen LogP contribution is 2.30. The fourth-order valence-electron chi connectivity index (χ4n) is 4.19. The van der Waals surface area contributed by atoms with Crippen LogP contribution in [0.2, 0.25) is 5.28 Å². The third kappa shape index (κ3) is 7.21. The minimum atomic E-state index is -0.584. The molecule has 2 heterocycles. The zero-order valence-corrected chi connectivity index (χ0v) is 19.4. The van der Waals surface area contributed by atoms with Gasteiger partial charge in [0.25, 0.3) is 0 Å². The molecule has 1 saturated carbocycles. The van der Waals surface area contributed by atoms with E-state index in [0.717, 1.165) is 32.1 Å². The Balaban J connectivity index is 1.60. The van der Waals surface area contributed by atoms with E-state index < -0.39 is 11.7 Å². The van der Waals surface area contributed by atoms with Crippen molar-refractivity contribution < 1.29 is 19.2 Å². The van der Waals surface area contributed by atoms with Crippen molar-refractivity contribution >= 4 is 35.3 Å². The molecule has 0 radical (unpaired) electrons. The molecule has 1 atom stereocenters. The first-order valence-electron chi connectivity index (χ1n) is 10.9. The van der Waals surface area contributed by atoms with Crippen LogP contribution in [-0.4, -0.2) is 39.1 Å². The summed E-state index contributed by atoms with van der Waals surface area (Å²) in [4.78, 5) is 31.6. The number of hydroxylamine groups is 2. The van der Waals surface area contributed by atoms with E-state index in [1.54, 1.807) is 11.3 Å². The van der Waals surface area contributed by atoms with Gasteiger partial charge in [0.2, 0.25) is 17.6 Å². The van der Waals surface area contributed by atoms with E-state index in [1.165, 1.54) is 5.56 Å². The van der Waals surface area contributed by atoms with Crippen LogP contribution >= 0.6 is 22.9 Å². The maximum Gasteiger partial charge on any atom is 0.233 e. The highest BCUT2D eigenvalue weighted by molar-refractivity contribution is 7.07. The number of hydrogen-bond acceptors (Lipinski definition) is 6. The van der Waals surface area contributed by atoms with Gasteiger partial charge in [0.15, 0.2) is 5.82 Å². The number of carbonyl (C=O) groups is 2. The van der Waals surface area contributed by atoms with Gasteiger partial charge in [-0.2, -0.15) is 11.3 Å². The molecule has 2 aromatic heterocycles. The monoisotopic (exact) mass is 482 g/mol. The van der Waals surface area contributed by atoms with Crippen LogP contribution < -0.4 is 5.32 Å². The molecule has 2 N–H and O–H groups in total. The van der Waals surface area contributed by atoms with Gasteiger partial charge in [-0.3, -0.25) is 14.8 Å². The molecule has 0 aromatic carbocycles. The van der Waals surface area contributed by atoms with Crippen LogP contribution in [0.25, 0.3) is 0 Å². The number of carbonyl (C=O) groups excluding carboxylic acids is 2. The Morgan fingerprint density at radius 1 is 1.34 bits per heavy atom. The first-order chi connectivity index (χ1) is 15.5. The average molecular weight is 483 g/mol. The molecule has 0 saturated heterocycles. The van der Waals surface area contributed by atoms with Crippen molar-refractivity contribution in [3.63, 3.8) is 0 Å². The van der Waals surface area contributed by atoms with Crippen molar-refractivity contribution in [2.24, 2.45) is 11.8 Å². The van der Waals surface area contributed by atoms with E-state index >= 15 is 0 Å². The van der Waals surface area contributed by atoms with Crippen LogP contribution in [0, 0.1) is 17.7 Å². The SMILES string of the molecule is O=CN(O)C[C@@H](CC1CCCC1)C(=O)NCc1nc(Cl)nc(CCCc2ccsc2)c1F. The summed E-state index contributed by atoms with van der Waals surface area (Å²) >= 11 is 7.62. The number of aromatic nitrogens is 2. The zero-order chi connectivity index (χ0) is 22.9. The molecule has 0 aliphatic heterocycles. The average Bonchev–Trinajstić information content (AvgIpc) is 3.48. The van der Waals surface area contributed by atoms with E-state index in [-0.39, 0.29) is 42.1 Å². The van der Waals surface area contributed by atoms with E-state index in [0.29, 0.717) is 30.2 Å². The number of hydrogen-bond donors (Lipinski definition) is 2. The van der Waals surface area contributed by atoms with Crippen LogP contribution in [0.4, 0.5) is 4.39 Å². The second-order valence-electron chi connectivity index (χ2n) is 8.21. The van der Waals surface area contributed by atoms with E-state index in [4.69, 9.17) is 11.6 Å². The lowest BCUT2D eigenvalue weighted by molar-refractivity contribution is -0.155. The van der Waals surface area contributed by atoms with Gasteiger partial charge in [-0.05, 0) is 65.6 Å². The van der Waals surface area contributed by atoms with Crippen LogP contribution in [-0.2, 0) is 29.0 Å². The van der Waals surface area contributed by atoms with Crippen molar-refractivity contribution in [1.82, 2.24) is 20.3 Å². The Hall–Kier alpha value is -2.10. The Kier molecular flexibility index (Phi) is 9.37. The summed E-state index contributed by atoms with van der Waals surface area (Å²) in [7, 11) is 0. The van der Waals surface area contributed by atoms with E-state index in [1.807, 2.05) is 11.4 Å². The number of amides is 2. The second-order valence-corrected chi connectivity index (χ2v) is 9.33. The third-order valence-electron chi connectivity index (χ3n) is 5.84. The van der Waals surface area contributed by atoms with Gasteiger partial charge in [-0.15, -0.1) is 0 Å². The number of aryl methyl sites for hydroxylation is 2. The summed E-state index contributed by atoms with van der Waals surface area (Å²) in [6.45, 7) is -0.245. The molecule has 1 aliphatic rings. The van der Waals surface area contributed by atoms with Crippen LogP contribution in [0.3, 0.4) is 0 Å². The van der Waals surface area contributed by atoms with Crippen molar-refractivity contribution in [2.45, 2.75) is 57.9 Å². The first kappa shape index (κ1) is 24.5. The predicted molar refractivity (Wildman–Crippen MR) is 120 cm³/mol. The number of halogens is 2. The lowest BCUT2D eigenvalue weighted by atomic mass is 9.92. The van der Waals surface area contributed by atoms with E-state index in [2.05, 4.69) is 20.7 Å². The maximum absolute atomic E-state index is 14.9. The van der Waals surface area contributed by atoms with Gasteiger partial charge in [-0.1, -0.05) is 25.7 Å². The van der Waals surface area contributed by atoms with Gasteiger partial charge >= 0.3 is 0 Å². The Labute approximate surface area is 196 Å². The fraction of sp³-hybridized carbons (Fsp3) is 0.545. The van der Waals surface area contributed by atoms with Gasteiger partial charge in [0, 0.05) is 0 Å². The quantitative estimate of drug-likeness (QED) is 0.205. The molecule has 174 valence electrons. The summed E-state index contributed by atoms with van der Waals surface area (Å²) in [6.07, 6.45) is 7.09. The second kappa shape index (κ2) is 12.2. The maximum atomic E-state index is 14.9. The molecular formula is C22H28ClFN4O3S. The molecule has 32 heavy (non-hydrogen) atoms. The third-order valence-corrected chi connectivity index (χ3v) is 6.74. The van der Waals surface area contributed by atoms with Crippen molar-refractivity contribution in [3.05, 3.63) is 44.9 Å². The highest BCUT2D eigenvalue weighted by atomic mass is 35.5. The normalized spacial score (nSPS) is 15.0. The smallest absolute Gasteiger partial charge is 0.233 e. The molecule has 1 fully saturated rings. The number of nitrogens with zero attached hydrogens (tertiary/aromatic N) is 3. The lowest BCUT2D eigenvalue weighted by Gasteiger charge is -2.22. The topological polar surface area (TPSA) is 95.4 Å². The number of nitrogens with one attached hydrogen (secondary N) is 1. The number of rotatable bonds is 12. The molecule has 0 spiro atoms. The van der Waals surface area contributed by atoms with Gasteiger partial charge in [0.05, 0.1) is 24.7 Å². The molecule has 0 unspecified atom stereocenters. The molecule has 2 aromatic rings. The summed E-state index contributed by atoms with van der Waals surface area (Å²) in [5.74, 6) is -1.13. The van der Waals surface area contributed by atoms with Crippen molar-refractivity contribution in [3.8, 4) is 0 Å². The van der Waals surface area contributed by atoms with Crippen molar-refractivity contribution in [1.29, 1.82) is 0 Å². The van der Waals surface area contributed by atoms with Gasteiger partial charge < -0.3 is 5.32 Å². The standard InChI is InChI=1S/C22H28ClFN4O3S/c23-22-26-18(7-3-6-16-8-9-32-13-16)20(24)19(27-22)11-25-21(30)17(12-28(31)14-29)10-15-4-1-2-5-15/h8-9,13-15,17,31H,1-7,10-12H2,(H,25,30)/t17-/m1/s1. The molecule has 10 heteroatoms. The van der Waals surface area contributed by atoms with Gasteiger partial charge in [-0.25, -0.2) is 19.4 Å². The first-order valence-corrected chi connectivity index (χ1v) is 12.2. The minimum absolute atomic E-state index is 0.0275. The lowest BCUT2D eigenvalue weighted by Crippen LogP contribution is -2.38. The summed E-state index contributed by atoms with van der Waals surface area (Å²) in [6, 6.07) is 2.04. The Morgan fingerprint density at radius 2 is 2.09 bits per heavy atom. The number of thiophene rings is 1. The zero-order valence-electron chi connectivity index (χ0n) is 17.8.